The first-order chi connectivity index (χ1) is 9.05. The van der Waals surface area contributed by atoms with Crippen molar-refractivity contribution < 1.29 is 0 Å². The van der Waals surface area contributed by atoms with Crippen LogP contribution < -0.4 is 5.43 Å². The molecule has 0 aliphatic heterocycles. The summed E-state index contributed by atoms with van der Waals surface area (Å²) >= 11 is 0. The molecule has 0 aliphatic carbocycles. The van der Waals surface area contributed by atoms with E-state index in [1.54, 1.807) is 0 Å². The van der Waals surface area contributed by atoms with Crippen molar-refractivity contribution in [2.45, 2.75) is 26.2 Å². The molecule has 2 rings (SSSR count). The average molecular weight is 252 g/mol. The van der Waals surface area contributed by atoms with Gasteiger partial charge in [-0.25, -0.2) is 0 Å². The van der Waals surface area contributed by atoms with Crippen molar-refractivity contribution >= 4 is 11.9 Å². The van der Waals surface area contributed by atoms with Gasteiger partial charge in [-0.3, -0.25) is 5.43 Å². The van der Waals surface area contributed by atoms with Gasteiger partial charge in [0.1, 0.15) is 0 Å². The molecule has 0 bridgehead atoms. The van der Waals surface area contributed by atoms with Gasteiger partial charge in [-0.2, -0.15) is 5.10 Å². The van der Waals surface area contributed by atoms with Gasteiger partial charge < -0.3 is 0 Å². The van der Waals surface area contributed by atoms with Gasteiger partial charge >= 0.3 is 0 Å². The van der Waals surface area contributed by atoms with Crippen LogP contribution in [0, 0.1) is 0 Å². The van der Waals surface area contributed by atoms with E-state index in [0.29, 0.717) is 0 Å². The molecule has 0 atom stereocenters. The van der Waals surface area contributed by atoms with Crippen LogP contribution in [0.5, 0.6) is 0 Å². The molecule has 2 heteroatoms. The van der Waals surface area contributed by atoms with Crippen LogP contribution in [0.4, 0.5) is 5.69 Å². The summed E-state index contributed by atoms with van der Waals surface area (Å²) in [4.78, 5) is 0. The molecule has 98 valence electrons. The topological polar surface area (TPSA) is 24.4 Å². The van der Waals surface area contributed by atoms with Gasteiger partial charge in [0.15, 0.2) is 0 Å². The van der Waals surface area contributed by atoms with E-state index in [1.165, 1.54) is 5.56 Å². The Balaban J connectivity index is 2.00. The van der Waals surface area contributed by atoms with Gasteiger partial charge in [0, 0.05) is 0 Å². The van der Waals surface area contributed by atoms with Crippen LogP contribution in [0.1, 0.15) is 31.9 Å². The minimum atomic E-state index is 0.192. The lowest BCUT2D eigenvalue weighted by Crippen LogP contribution is -2.10. The third kappa shape index (κ3) is 3.95. The molecule has 0 saturated heterocycles. The summed E-state index contributed by atoms with van der Waals surface area (Å²) in [5.74, 6) is 0. The van der Waals surface area contributed by atoms with Crippen LogP contribution in [-0.2, 0) is 5.41 Å². The van der Waals surface area contributed by atoms with E-state index in [4.69, 9.17) is 0 Å². The van der Waals surface area contributed by atoms with E-state index in [9.17, 15) is 0 Å². The van der Waals surface area contributed by atoms with Crippen molar-refractivity contribution in [2.75, 3.05) is 5.43 Å². The second kappa shape index (κ2) is 5.70. The Bertz CT molecular complexity index is 534. The summed E-state index contributed by atoms with van der Waals surface area (Å²) in [6.45, 7) is 6.65. The summed E-state index contributed by atoms with van der Waals surface area (Å²) in [7, 11) is 0. The molecule has 2 nitrogen and oxygen atoms in total. The molecule has 19 heavy (non-hydrogen) atoms. The Morgan fingerprint density at radius 1 is 0.895 bits per heavy atom. The predicted molar refractivity (Wildman–Crippen MR) is 82.8 cm³/mol. The SMILES string of the molecule is CC(C)(C)c1ccc(/C=N\Nc2ccccc2)cc1. The Hall–Kier alpha value is -2.09. The number of anilines is 1. The van der Waals surface area contributed by atoms with Crippen molar-refractivity contribution in [2.24, 2.45) is 5.10 Å². The fraction of sp³-hybridized carbons (Fsp3) is 0.235. The average Bonchev–Trinajstić information content (AvgIpc) is 2.39. The van der Waals surface area contributed by atoms with Gasteiger partial charge in [-0.1, -0.05) is 63.2 Å². The minimum absolute atomic E-state index is 0.192. The van der Waals surface area contributed by atoms with Crippen LogP contribution in [0.3, 0.4) is 0 Å². The van der Waals surface area contributed by atoms with Gasteiger partial charge in [-0.15, -0.1) is 0 Å². The van der Waals surface area contributed by atoms with Crippen molar-refractivity contribution in [1.82, 2.24) is 0 Å². The maximum absolute atomic E-state index is 4.23. The van der Waals surface area contributed by atoms with E-state index in [0.717, 1.165) is 11.3 Å². The third-order valence-electron chi connectivity index (χ3n) is 2.96. The highest BCUT2D eigenvalue weighted by Crippen LogP contribution is 2.21. The zero-order valence-corrected chi connectivity index (χ0v) is 11.7. The van der Waals surface area contributed by atoms with Crippen molar-refractivity contribution in [3.05, 3.63) is 65.7 Å². The van der Waals surface area contributed by atoms with Crippen molar-refractivity contribution in [1.29, 1.82) is 0 Å². The monoisotopic (exact) mass is 252 g/mol. The van der Waals surface area contributed by atoms with Crippen LogP contribution in [0.2, 0.25) is 0 Å². The van der Waals surface area contributed by atoms with E-state index < -0.39 is 0 Å². The largest absolute Gasteiger partial charge is 0.279 e. The Morgan fingerprint density at radius 2 is 1.53 bits per heavy atom. The molecule has 2 aromatic carbocycles. The normalized spacial score (nSPS) is 11.7. The van der Waals surface area contributed by atoms with Gasteiger partial charge in [-0.05, 0) is 28.7 Å². The number of benzene rings is 2. The number of para-hydroxylation sites is 1. The van der Waals surface area contributed by atoms with Crippen LogP contribution in [-0.4, -0.2) is 6.21 Å². The molecule has 2 aromatic rings. The molecule has 0 amide bonds. The first kappa shape index (κ1) is 13.3. The molecular weight excluding hydrogens is 232 g/mol. The van der Waals surface area contributed by atoms with Crippen LogP contribution >= 0.6 is 0 Å². The molecule has 0 aliphatic rings. The summed E-state index contributed by atoms with van der Waals surface area (Å²) in [6, 6.07) is 18.4. The van der Waals surface area contributed by atoms with Crippen LogP contribution in [0.15, 0.2) is 59.7 Å². The number of nitrogens with zero attached hydrogens (tertiary/aromatic N) is 1. The second-order valence-corrected chi connectivity index (χ2v) is 5.61. The number of hydrazone groups is 1. The molecule has 0 radical (unpaired) electrons. The predicted octanol–water partition coefficient (Wildman–Crippen LogP) is 4.43. The summed E-state index contributed by atoms with van der Waals surface area (Å²) < 4.78 is 0. The highest BCUT2D eigenvalue weighted by molar-refractivity contribution is 5.80. The molecule has 0 heterocycles. The van der Waals surface area contributed by atoms with E-state index in [-0.39, 0.29) is 5.41 Å². The second-order valence-electron chi connectivity index (χ2n) is 5.61. The molecular formula is C17H20N2. The van der Waals surface area contributed by atoms with Crippen LogP contribution in [0.25, 0.3) is 0 Å². The maximum atomic E-state index is 4.23. The molecule has 0 saturated carbocycles. The number of hydrogen-bond donors (Lipinski definition) is 1. The fourth-order valence-electron chi connectivity index (χ4n) is 1.76. The summed E-state index contributed by atoms with van der Waals surface area (Å²) in [5.41, 5.74) is 6.62. The molecule has 0 unspecified atom stereocenters. The van der Waals surface area contributed by atoms with Gasteiger partial charge in [0.05, 0.1) is 11.9 Å². The van der Waals surface area contributed by atoms with Crippen molar-refractivity contribution in [3.8, 4) is 0 Å². The molecule has 0 aromatic heterocycles. The highest BCUT2D eigenvalue weighted by Gasteiger charge is 2.12. The lowest BCUT2D eigenvalue weighted by molar-refractivity contribution is 0.590. The van der Waals surface area contributed by atoms with E-state index in [2.05, 4.69) is 55.6 Å². The molecule has 0 fully saturated rings. The first-order valence-corrected chi connectivity index (χ1v) is 6.50. The number of rotatable bonds is 3. The highest BCUT2D eigenvalue weighted by atomic mass is 15.3. The molecule has 1 N–H and O–H groups in total. The smallest absolute Gasteiger partial charge is 0.0561 e. The lowest BCUT2D eigenvalue weighted by atomic mass is 9.87. The van der Waals surface area contributed by atoms with Gasteiger partial charge in [0.2, 0.25) is 0 Å². The zero-order valence-electron chi connectivity index (χ0n) is 11.7. The quantitative estimate of drug-likeness (QED) is 0.634. The Labute approximate surface area is 115 Å². The third-order valence-corrected chi connectivity index (χ3v) is 2.96. The molecule has 0 spiro atoms. The maximum Gasteiger partial charge on any atom is 0.0561 e. The number of nitrogens with one attached hydrogen (secondary N) is 1. The van der Waals surface area contributed by atoms with Gasteiger partial charge in [0.25, 0.3) is 0 Å². The summed E-state index contributed by atoms with van der Waals surface area (Å²) in [6.07, 6.45) is 1.83. The standard InChI is InChI=1S/C17H20N2/c1-17(2,3)15-11-9-14(10-12-15)13-18-19-16-7-5-4-6-8-16/h4-13,19H,1-3H3/b18-13-. The zero-order chi connectivity index (χ0) is 13.7. The van der Waals surface area contributed by atoms with Crippen molar-refractivity contribution in [3.63, 3.8) is 0 Å². The van der Waals surface area contributed by atoms with E-state index >= 15 is 0 Å². The number of hydrogen-bond acceptors (Lipinski definition) is 2. The fourth-order valence-corrected chi connectivity index (χ4v) is 1.76. The lowest BCUT2D eigenvalue weighted by Gasteiger charge is -2.18. The summed E-state index contributed by atoms with van der Waals surface area (Å²) in [5, 5.41) is 4.23. The van der Waals surface area contributed by atoms with E-state index in [1.807, 2.05) is 36.5 Å². The first-order valence-electron chi connectivity index (χ1n) is 6.50. The minimum Gasteiger partial charge on any atom is -0.279 e. The Morgan fingerprint density at radius 3 is 2.11 bits per heavy atom. The Kier molecular flexibility index (Phi) is 4.00.